The number of carbonyl (C=O) groups excluding carboxylic acids is 1. The van der Waals surface area contributed by atoms with Crippen LogP contribution in [-0.2, 0) is 6.54 Å². The van der Waals surface area contributed by atoms with Gasteiger partial charge in [0, 0.05) is 56.6 Å². The van der Waals surface area contributed by atoms with Crippen molar-refractivity contribution in [1.82, 2.24) is 9.80 Å². The molecule has 7 heteroatoms. The fourth-order valence-electron chi connectivity index (χ4n) is 5.15. The topological polar surface area (TPSA) is 36.0 Å². The fourth-order valence-corrected chi connectivity index (χ4v) is 5.99. The van der Waals surface area contributed by atoms with E-state index in [1.807, 2.05) is 42.2 Å². The predicted octanol–water partition coefficient (Wildman–Crippen LogP) is 5.45. The molecule has 5 rings (SSSR count). The summed E-state index contributed by atoms with van der Waals surface area (Å²) in [5.74, 6) is 1.23. The van der Waals surface area contributed by atoms with Crippen molar-refractivity contribution in [2.75, 3.05) is 50.8 Å². The molecule has 2 saturated heterocycles. The molecule has 5 nitrogen and oxygen atoms in total. The van der Waals surface area contributed by atoms with Crippen LogP contribution in [0, 0.1) is 18.7 Å². The summed E-state index contributed by atoms with van der Waals surface area (Å²) in [6.07, 6.45) is 2.10. The third-order valence-corrected chi connectivity index (χ3v) is 8.10. The van der Waals surface area contributed by atoms with Crippen LogP contribution in [0.15, 0.2) is 60.7 Å². The molecule has 190 valence electrons. The maximum absolute atomic E-state index is 14.1. The number of halogens is 1. The third kappa shape index (κ3) is 6.08. The first-order valence-electron chi connectivity index (χ1n) is 12.8. The van der Waals surface area contributed by atoms with Crippen LogP contribution in [-0.4, -0.2) is 61.6 Å². The zero-order valence-corrected chi connectivity index (χ0v) is 21.7. The van der Waals surface area contributed by atoms with Crippen molar-refractivity contribution in [2.45, 2.75) is 26.3 Å². The minimum atomic E-state index is -0.150. The Balaban J connectivity index is 1.10. The van der Waals surface area contributed by atoms with E-state index >= 15 is 0 Å². The molecular weight excluding hydrogens is 473 g/mol. The SMILES string of the molecule is Cc1ccc(C(=O)N2CCC[C@@H](COc3cccc(CN4CCN(c5ccccc5F)CC4)c3)C2)s1. The van der Waals surface area contributed by atoms with Crippen molar-refractivity contribution in [3.8, 4) is 5.75 Å². The van der Waals surface area contributed by atoms with Crippen LogP contribution in [0.4, 0.5) is 10.1 Å². The molecule has 3 heterocycles. The maximum atomic E-state index is 14.1. The Kier molecular flexibility index (Phi) is 7.87. The van der Waals surface area contributed by atoms with Crippen molar-refractivity contribution >= 4 is 22.9 Å². The number of aryl methyl sites for hydroxylation is 1. The lowest BCUT2D eigenvalue weighted by atomic mass is 9.99. The normalized spacial score (nSPS) is 18.9. The second-order valence-electron chi connectivity index (χ2n) is 9.84. The summed E-state index contributed by atoms with van der Waals surface area (Å²) in [7, 11) is 0. The van der Waals surface area contributed by atoms with E-state index in [0.717, 1.165) is 69.3 Å². The van der Waals surface area contributed by atoms with E-state index < -0.39 is 0 Å². The van der Waals surface area contributed by atoms with Gasteiger partial charge in [0.15, 0.2) is 0 Å². The van der Waals surface area contributed by atoms with Crippen LogP contribution >= 0.6 is 11.3 Å². The molecule has 0 spiro atoms. The number of anilines is 1. The molecule has 0 unspecified atom stereocenters. The average molecular weight is 508 g/mol. The Morgan fingerprint density at radius 3 is 2.64 bits per heavy atom. The number of piperidine rings is 1. The quantitative estimate of drug-likeness (QED) is 0.426. The standard InChI is InChI=1S/C29H34FN3O2S/c1-22-11-12-28(36-22)29(34)33-13-5-7-24(20-33)21-35-25-8-4-6-23(18-25)19-31-14-16-32(17-15-31)27-10-3-2-9-26(27)30/h2-4,6,8-12,18,24H,5,7,13-17,19-21H2,1H3/t24-/m1/s1. The largest absolute Gasteiger partial charge is 0.493 e. The molecule has 0 saturated carbocycles. The molecule has 2 aliphatic heterocycles. The minimum absolute atomic E-state index is 0.148. The number of thiophene rings is 1. The van der Waals surface area contributed by atoms with Gasteiger partial charge in [-0.25, -0.2) is 4.39 Å². The van der Waals surface area contributed by atoms with Crippen LogP contribution in [0.5, 0.6) is 5.75 Å². The van der Waals surface area contributed by atoms with Gasteiger partial charge in [0.1, 0.15) is 11.6 Å². The fraction of sp³-hybridized carbons (Fsp3) is 0.414. The Hall–Kier alpha value is -2.90. The summed E-state index contributed by atoms with van der Waals surface area (Å²) in [6, 6.07) is 19.3. The number of carbonyl (C=O) groups is 1. The summed E-state index contributed by atoms with van der Waals surface area (Å²) in [4.78, 5) is 21.4. The van der Waals surface area contributed by atoms with Gasteiger partial charge in [-0.2, -0.15) is 0 Å². The van der Waals surface area contributed by atoms with E-state index in [0.29, 0.717) is 18.2 Å². The molecule has 2 aliphatic rings. The molecule has 36 heavy (non-hydrogen) atoms. The first-order chi connectivity index (χ1) is 17.5. The number of amides is 1. The molecule has 0 aliphatic carbocycles. The molecule has 1 amide bonds. The molecule has 0 N–H and O–H groups in total. The summed E-state index contributed by atoms with van der Waals surface area (Å²) in [5.41, 5.74) is 1.92. The van der Waals surface area contributed by atoms with Crippen molar-refractivity contribution in [2.24, 2.45) is 5.92 Å². The van der Waals surface area contributed by atoms with Crippen molar-refractivity contribution < 1.29 is 13.9 Å². The van der Waals surface area contributed by atoms with Crippen molar-refractivity contribution in [1.29, 1.82) is 0 Å². The lowest BCUT2D eigenvalue weighted by molar-refractivity contribution is 0.0638. The molecule has 2 aromatic carbocycles. The molecule has 0 bridgehead atoms. The Morgan fingerprint density at radius 2 is 1.86 bits per heavy atom. The number of hydrogen-bond acceptors (Lipinski definition) is 5. The van der Waals surface area contributed by atoms with E-state index in [4.69, 9.17) is 4.74 Å². The highest BCUT2D eigenvalue weighted by Gasteiger charge is 2.26. The highest BCUT2D eigenvalue weighted by molar-refractivity contribution is 7.13. The van der Waals surface area contributed by atoms with Gasteiger partial charge in [0.05, 0.1) is 17.2 Å². The van der Waals surface area contributed by atoms with Gasteiger partial charge in [-0.3, -0.25) is 9.69 Å². The van der Waals surface area contributed by atoms with E-state index in [9.17, 15) is 9.18 Å². The molecular formula is C29H34FN3O2S. The molecule has 0 radical (unpaired) electrons. The summed E-state index contributed by atoms with van der Waals surface area (Å²) in [6.45, 7) is 8.52. The Labute approximate surface area is 217 Å². The molecule has 2 fully saturated rings. The average Bonchev–Trinajstić information content (AvgIpc) is 3.34. The second kappa shape index (κ2) is 11.4. The summed E-state index contributed by atoms with van der Waals surface area (Å²) < 4.78 is 20.3. The lowest BCUT2D eigenvalue weighted by Crippen LogP contribution is -2.46. The molecule has 1 atom stereocenters. The van der Waals surface area contributed by atoms with Crippen LogP contribution in [0.1, 0.15) is 33.0 Å². The van der Waals surface area contributed by atoms with E-state index in [2.05, 4.69) is 28.0 Å². The number of rotatable bonds is 7. The van der Waals surface area contributed by atoms with Gasteiger partial charge < -0.3 is 14.5 Å². The third-order valence-electron chi connectivity index (χ3n) is 7.11. The Bertz CT molecular complexity index is 1170. The number of benzene rings is 2. The van der Waals surface area contributed by atoms with Crippen molar-refractivity contribution in [3.63, 3.8) is 0 Å². The minimum Gasteiger partial charge on any atom is -0.493 e. The molecule has 3 aromatic rings. The van der Waals surface area contributed by atoms with Crippen molar-refractivity contribution in [3.05, 3.63) is 81.8 Å². The Morgan fingerprint density at radius 1 is 1.03 bits per heavy atom. The monoisotopic (exact) mass is 507 g/mol. The van der Waals surface area contributed by atoms with E-state index in [1.54, 1.807) is 17.4 Å². The highest BCUT2D eigenvalue weighted by Crippen LogP contribution is 2.25. The van der Waals surface area contributed by atoms with Gasteiger partial charge >= 0.3 is 0 Å². The van der Waals surface area contributed by atoms with E-state index in [-0.39, 0.29) is 11.7 Å². The number of para-hydroxylation sites is 1. The zero-order valence-electron chi connectivity index (χ0n) is 20.9. The molecule has 1 aromatic heterocycles. The lowest BCUT2D eigenvalue weighted by Gasteiger charge is -2.36. The van der Waals surface area contributed by atoms with Crippen LogP contribution in [0.3, 0.4) is 0 Å². The van der Waals surface area contributed by atoms with Crippen LogP contribution < -0.4 is 9.64 Å². The number of piperazine rings is 1. The van der Waals surface area contributed by atoms with Crippen LogP contribution in [0.2, 0.25) is 0 Å². The number of ether oxygens (including phenoxy) is 1. The van der Waals surface area contributed by atoms with Gasteiger partial charge in [-0.1, -0.05) is 24.3 Å². The van der Waals surface area contributed by atoms with Gasteiger partial charge in [0.2, 0.25) is 0 Å². The maximum Gasteiger partial charge on any atom is 0.263 e. The number of hydrogen-bond donors (Lipinski definition) is 0. The van der Waals surface area contributed by atoms with Gasteiger partial charge in [-0.05, 0) is 61.7 Å². The zero-order chi connectivity index (χ0) is 24.9. The second-order valence-corrected chi connectivity index (χ2v) is 11.1. The smallest absolute Gasteiger partial charge is 0.263 e. The van der Waals surface area contributed by atoms with Gasteiger partial charge in [-0.15, -0.1) is 11.3 Å². The number of nitrogens with zero attached hydrogens (tertiary/aromatic N) is 3. The van der Waals surface area contributed by atoms with E-state index in [1.165, 1.54) is 16.5 Å². The summed E-state index contributed by atoms with van der Waals surface area (Å²) >= 11 is 1.57. The van der Waals surface area contributed by atoms with Gasteiger partial charge in [0.25, 0.3) is 5.91 Å². The highest BCUT2D eigenvalue weighted by atomic mass is 32.1. The predicted molar refractivity (Wildman–Crippen MR) is 144 cm³/mol. The first kappa shape index (κ1) is 24.8. The number of likely N-dealkylation sites (tertiary alicyclic amines) is 1. The van der Waals surface area contributed by atoms with Crippen LogP contribution in [0.25, 0.3) is 0 Å². The summed E-state index contributed by atoms with van der Waals surface area (Å²) in [5, 5.41) is 0. The first-order valence-corrected chi connectivity index (χ1v) is 13.7.